The average molecular weight is 671 g/mol. The van der Waals surface area contributed by atoms with E-state index in [4.69, 9.17) is 19.4 Å². The minimum Gasteiger partial charge on any atom is -0.456 e. The largest absolute Gasteiger partial charge is 0.456 e. The molecule has 0 bridgehead atoms. The summed E-state index contributed by atoms with van der Waals surface area (Å²) >= 11 is 1.82. The van der Waals surface area contributed by atoms with E-state index in [1.807, 2.05) is 84.1 Å². The molecule has 0 saturated carbocycles. The highest BCUT2D eigenvalue weighted by Gasteiger charge is 2.21. The molecule has 0 spiro atoms. The molecule has 4 heterocycles. The van der Waals surface area contributed by atoms with Crippen molar-refractivity contribution in [2.75, 3.05) is 0 Å². The van der Waals surface area contributed by atoms with Gasteiger partial charge >= 0.3 is 0 Å². The van der Waals surface area contributed by atoms with E-state index in [1.165, 1.54) is 42.0 Å². The second-order valence-corrected chi connectivity index (χ2v) is 13.9. The normalized spacial score (nSPS) is 11.9. The van der Waals surface area contributed by atoms with E-state index in [2.05, 4.69) is 89.5 Å². The van der Waals surface area contributed by atoms with Gasteiger partial charge in [-0.3, -0.25) is 0 Å². The van der Waals surface area contributed by atoms with Crippen LogP contribution in [0.2, 0.25) is 0 Å². The molecule has 0 fully saturated rings. The molecule has 0 saturated heterocycles. The van der Waals surface area contributed by atoms with E-state index in [1.54, 1.807) is 0 Å². The van der Waals surface area contributed by atoms with Gasteiger partial charge in [0.15, 0.2) is 17.5 Å². The summed E-state index contributed by atoms with van der Waals surface area (Å²) < 4.78 is 11.4. The number of para-hydroxylation sites is 2. The van der Waals surface area contributed by atoms with Crippen molar-refractivity contribution >= 4 is 75.3 Å². The monoisotopic (exact) mass is 670 g/mol. The Morgan fingerprint density at radius 3 is 1.73 bits per heavy atom. The van der Waals surface area contributed by atoms with Gasteiger partial charge in [-0.1, -0.05) is 115 Å². The predicted octanol–water partition coefficient (Wildman–Crippen LogP) is 12.2. The fraction of sp³-hybridized carbons (Fsp3) is 0. The number of rotatable bonds is 4. The first-order chi connectivity index (χ1) is 25.3. The number of aromatic nitrogens is 4. The lowest BCUT2D eigenvalue weighted by Gasteiger charge is -2.09. The standard InChI is InChI=1S/C45H26N4OS/c1-3-12-27(13-4-1)43-46-44(28-14-5-2-6-15-28)48-45(47-43)33-18-11-21-36-40(33)42-37(50-36)24-25-38-41(42)32-23-22-29(26-39(32)51-38)49-34-19-9-7-16-30(34)31-17-8-10-20-35(31)49/h1-26H. The molecule has 7 aromatic carbocycles. The summed E-state index contributed by atoms with van der Waals surface area (Å²) in [6.45, 7) is 0. The van der Waals surface area contributed by atoms with Crippen LogP contribution in [0.25, 0.3) is 104 Å². The molecule has 238 valence electrons. The van der Waals surface area contributed by atoms with Gasteiger partial charge in [-0.2, -0.15) is 0 Å². The molecule has 0 amide bonds. The van der Waals surface area contributed by atoms with Crippen LogP contribution >= 0.6 is 11.3 Å². The molecule has 0 radical (unpaired) electrons. The maximum absolute atomic E-state index is 6.58. The summed E-state index contributed by atoms with van der Waals surface area (Å²) in [6, 6.07) is 54.8. The highest BCUT2D eigenvalue weighted by Crippen LogP contribution is 2.46. The van der Waals surface area contributed by atoms with Gasteiger partial charge in [0, 0.05) is 64.1 Å². The Kier molecular flexibility index (Phi) is 6.05. The van der Waals surface area contributed by atoms with E-state index in [0.717, 1.165) is 44.3 Å². The van der Waals surface area contributed by atoms with Gasteiger partial charge in [-0.05, 0) is 42.5 Å². The highest BCUT2D eigenvalue weighted by atomic mass is 32.1. The third kappa shape index (κ3) is 4.30. The number of hydrogen-bond donors (Lipinski definition) is 0. The number of benzene rings is 7. The molecule has 51 heavy (non-hydrogen) atoms. The zero-order valence-electron chi connectivity index (χ0n) is 27.1. The minimum absolute atomic E-state index is 0.612. The second kappa shape index (κ2) is 10.9. The fourth-order valence-corrected chi connectivity index (χ4v) is 8.77. The van der Waals surface area contributed by atoms with E-state index < -0.39 is 0 Å². The van der Waals surface area contributed by atoms with Crippen molar-refractivity contribution in [2.45, 2.75) is 0 Å². The van der Waals surface area contributed by atoms with E-state index in [0.29, 0.717) is 17.5 Å². The van der Waals surface area contributed by atoms with Gasteiger partial charge in [0.25, 0.3) is 0 Å². The predicted molar refractivity (Wildman–Crippen MR) is 211 cm³/mol. The number of hydrogen-bond acceptors (Lipinski definition) is 5. The van der Waals surface area contributed by atoms with Crippen LogP contribution in [0.3, 0.4) is 0 Å². The van der Waals surface area contributed by atoms with Gasteiger partial charge in [0.2, 0.25) is 0 Å². The van der Waals surface area contributed by atoms with Gasteiger partial charge in [-0.15, -0.1) is 11.3 Å². The Morgan fingerprint density at radius 2 is 1.04 bits per heavy atom. The average Bonchev–Trinajstić information content (AvgIpc) is 3.87. The maximum atomic E-state index is 6.58. The number of furan rings is 1. The molecule has 0 aliphatic heterocycles. The van der Waals surface area contributed by atoms with Crippen LogP contribution in [0.1, 0.15) is 0 Å². The first kappa shape index (κ1) is 28.2. The summed E-state index contributed by atoms with van der Waals surface area (Å²) in [7, 11) is 0. The Labute approximate surface area is 295 Å². The highest BCUT2D eigenvalue weighted by molar-refractivity contribution is 7.26. The van der Waals surface area contributed by atoms with Crippen LogP contribution in [-0.4, -0.2) is 19.5 Å². The number of fused-ring (bicyclic) bond motifs is 10. The van der Waals surface area contributed by atoms with Crippen molar-refractivity contribution in [3.05, 3.63) is 158 Å². The Hall–Kier alpha value is -6.63. The van der Waals surface area contributed by atoms with Gasteiger partial charge in [-0.25, -0.2) is 15.0 Å². The van der Waals surface area contributed by atoms with E-state index >= 15 is 0 Å². The molecule has 4 aromatic heterocycles. The minimum atomic E-state index is 0.612. The topological polar surface area (TPSA) is 56.7 Å². The molecule has 11 rings (SSSR count). The summed E-state index contributed by atoms with van der Waals surface area (Å²) in [6.07, 6.45) is 0. The Bertz CT molecular complexity index is 3030. The van der Waals surface area contributed by atoms with Gasteiger partial charge in [0.1, 0.15) is 11.2 Å². The van der Waals surface area contributed by atoms with Crippen LogP contribution in [0.15, 0.2) is 162 Å². The SMILES string of the molecule is c1ccc(-c2nc(-c3ccccc3)nc(-c3cccc4oc5ccc6sc7cc(-n8c9ccccc9c9ccccc98)ccc7c6c5c34)n2)cc1. The Morgan fingerprint density at radius 1 is 0.431 bits per heavy atom. The molecule has 0 unspecified atom stereocenters. The van der Waals surface area contributed by atoms with E-state index in [9.17, 15) is 0 Å². The molecule has 11 aromatic rings. The molecular weight excluding hydrogens is 645 g/mol. The first-order valence-corrected chi connectivity index (χ1v) is 17.8. The van der Waals surface area contributed by atoms with Crippen molar-refractivity contribution in [1.29, 1.82) is 0 Å². The van der Waals surface area contributed by atoms with Crippen LogP contribution in [-0.2, 0) is 0 Å². The molecule has 0 atom stereocenters. The lowest BCUT2D eigenvalue weighted by molar-refractivity contribution is 0.669. The first-order valence-electron chi connectivity index (χ1n) is 16.9. The van der Waals surface area contributed by atoms with Gasteiger partial charge in [0.05, 0.1) is 11.0 Å². The van der Waals surface area contributed by atoms with Gasteiger partial charge < -0.3 is 8.98 Å². The van der Waals surface area contributed by atoms with Crippen molar-refractivity contribution < 1.29 is 4.42 Å². The molecule has 0 aliphatic carbocycles. The van der Waals surface area contributed by atoms with Crippen molar-refractivity contribution in [1.82, 2.24) is 19.5 Å². The molecule has 5 nitrogen and oxygen atoms in total. The summed E-state index contributed by atoms with van der Waals surface area (Å²) in [5.74, 6) is 1.88. The number of nitrogens with zero attached hydrogens (tertiary/aromatic N) is 4. The smallest absolute Gasteiger partial charge is 0.164 e. The van der Waals surface area contributed by atoms with Crippen LogP contribution in [0.5, 0.6) is 0 Å². The molecule has 0 N–H and O–H groups in total. The second-order valence-electron chi connectivity index (χ2n) is 12.8. The molecular formula is C45H26N4OS. The Balaban J connectivity index is 1.17. The number of thiophene rings is 1. The maximum Gasteiger partial charge on any atom is 0.164 e. The van der Waals surface area contributed by atoms with Crippen LogP contribution < -0.4 is 0 Å². The summed E-state index contributed by atoms with van der Waals surface area (Å²) in [5, 5.41) is 6.99. The van der Waals surface area contributed by atoms with E-state index in [-0.39, 0.29) is 0 Å². The quantitative estimate of drug-likeness (QED) is 0.187. The molecule has 6 heteroatoms. The van der Waals surface area contributed by atoms with Crippen LogP contribution in [0, 0.1) is 0 Å². The van der Waals surface area contributed by atoms with Crippen molar-refractivity contribution in [2.24, 2.45) is 0 Å². The van der Waals surface area contributed by atoms with Crippen molar-refractivity contribution in [3.8, 4) is 39.9 Å². The third-order valence-electron chi connectivity index (χ3n) is 9.86. The summed E-state index contributed by atoms with van der Waals surface area (Å²) in [4.78, 5) is 15.1. The van der Waals surface area contributed by atoms with Crippen LogP contribution in [0.4, 0.5) is 0 Å². The van der Waals surface area contributed by atoms with Crippen molar-refractivity contribution in [3.63, 3.8) is 0 Å². The third-order valence-corrected chi connectivity index (χ3v) is 11.0. The zero-order valence-corrected chi connectivity index (χ0v) is 27.9. The fourth-order valence-electron chi connectivity index (χ4n) is 7.62. The lowest BCUT2D eigenvalue weighted by Crippen LogP contribution is -2.00. The molecule has 0 aliphatic rings. The lowest BCUT2D eigenvalue weighted by atomic mass is 10.0. The summed E-state index contributed by atoms with van der Waals surface area (Å²) in [5.41, 5.74) is 7.99. The zero-order chi connectivity index (χ0) is 33.5.